The Labute approximate surface area is 151 Å². The van der Waals surface area contributed by atoms with Gasteiger partial charge in [0, 0.05) is 32.7 Å². The number of carbonyl (C=O) groups is 1. The lowest BCUT2D eigenvalue weighted by Gasteiger charge is -2.24. The highest BCUT2D eigenvalue weighted by molar-refractivity contribution is 7.92. The van der Waals surface area contributed by atoms with E-state index in [-0.39, 0.29) is 12.5 Å². The van der Waals surface area contributed by atoms with Crippen LogP contribution in [0.3, 0.4) is 0 Å². The molecule has 1 amide bonds. The Morgan fingerprint density at radius 1 is 1.24 bits per heavy atom. The first-order valence-electron chi connectivity index (χ1n) is 8.65. The van der Waals surface area contributed by atoms with E-state index >= 15 is 0 Å². The number of amides is 1. The molecule has 1 aromatic rings. The summed E-state index contributed by atoms with van der Waals surface area (Å²) >= 11 is 0. The molecule has 6 nitrogen and oxygen atoms in total. The predicted molar refractivity (Wildman–Crippen MR) is 101 cm³/mol. The van der Waals surface area contributed by atoms with Crippen molar-refractivity contribution in [3.8, 4) is 0 Å². The topological polar surface area (TPSA) is 75.7 Å². The van der Waals surface area contributed by atoms with E-state index in [2.05, 4.69) is 5.32 Å². The zero-order chi connectivity index (χ0) is 18.9. The Balaban J connectivity index is 2.56. The molecular formula is C18H30N2O4S. The van der Waals surface area contributed by atoms with Crippen LogP contribution in [0.1, 0.15) is 37.3 Å². The van der Waals surface area contributed by atoms with Crippen LogP contribution in [0.5, 0.6) is 0 Å². The molecule has 7 heteroatoms. The van der Waals surface area contributed by atoms with Gasteiger partial charge in [-0.3, -0.25) is 9.10 Å². The number of rotatable bonds is 11. The van der Waals surface area contributed by atoms with Gasteiger partial charge in [-0.05, 0) is 50.8 Å². The Morgan fingerprint density at radius 2 is 1.96 bits per heavy atom. The van der Waals surface area contributed by atoms with Crippen LogP contribution in [0.4, 0.5) is 5.69 Å². The molecule has 0 spiro atoms. The van der Waals surface area contributed by atoms with Crippen molar-refractivity contribution in [2.75, 3.05) is 36.9 Å². The van der Waals surface area contributed by atoms with E-state index in [1.54, 1.807) is 6.07 Å². The van der Waals surface area contributed by atoms with Crippen molar-refractivity contribution in [2.45, 2.75) is 40.0 Å². The molecular weight excluding hydrogens is 340 g/mol. The quantitative estimate of drug-likeness (QED) is 0.607. The molecule has 1 N–H and O–H groups in total. The maximum Gasteiger partial charge on any atom is 0.232 e. The van der Waals surface area contributed by atoms with Crippen LogP contribution in [-0.2, 0) is 19.6 Å². The van der Waals surface area contributed by atoms with Gasteiger partial charge in [-0.1, -0.05) is 12.1 Å². The van der Waals surface area contributed by atoms with Gasteiger partial charge in [0.15, 0.2) is 0 Å². The summed E-state index contributed by atoms with van der Waals surface area (Å²) in [6.07, 6.45) is 2.74. The van der Waals surface area contributed by atoms with Gasteiger partial charge in [0.05, 0.1) is 11.9 Å². The molecule has 0 aliphatic carbocycles. The molecule has 0 bridgehead atoms. The molecule has 1 rings (SSSR count). The second-order valence-corrected chi connectivity index (χ2v) is 7.96. The number of benzene rings is 1. The van der Waals surface area contributed by atoms with Crippen molar-refractivity contribution in [1.82, 2.24) is 5.32 Å². The summed E-state index contributed by atoms with van der Waals surface area (Å²) in [5.41, 5.74) is 2.66. The summed E-state index contributed by atoms with van der Waals surface area (Å²) in [6.45, 7) is 7.96. The van der Waals surface area contributed by atoms with Crippen LogP contribution >= 0.6 is 0 Å². The number of hydrogen-bond donors (Lipinski definition) is 1. The van der Waals surface area contributed by atoms with E-state index in [1.807, 2.05) is 32.9 Å². The van der Waals surface area contributed by atoms with E-state index in [1.165, 1.54) is 10.6 Å². The van der Waals surface area contributed by atoms with E-state index in [0.29, 0.717) is 38.3 Å². The number of aryl methyl sites for hydroxylation is 1. The van der Waals surface area contributed by atoms with E-state index < -0.39 is 10.0 Å². The molecule has 25 heavy (non-hydrogen) atoms. The molecule has 0 heterocycles. The van der Waals surface area contributed by atoms with Crippen LogP contribution in [-0.4, -0.2) is 46.9 Å². The molecule has 0 atom stereocenters. The number of sulfonamides is 1. The third kappa shape index (κ3) is 7.44. The monoisotopic (exact) mass is 370 g/mol. The molecule has 0 aliphatic heterocycles. The first kappa shape index (κ1) is 21.4. The third-order valence-electron chi connectivity index (χ3n) is 4.00. The predicted octanol–water partition coefficient (Wildman–Crippen LogP) is 2.39. The van der Waals surface area contributed by atoms with Crippen LogP contribution in [0.2, 0.25) is 0 Å². The highest BCUT2D eigenvalue weighted by Gasteiger charge is 2.19. The van der Waals surface area contributed by atoms with Gasteiger partial charge in [-0.25, -0.2) is 8.42 Å². The first-order valence-corrected chi connectivity index (χ1v) is 10.5. The fourth-order valence-electron chi connectivity index (χ4n) is 2.49. The Morgan fingerprint density at radius 3 is 2.60 bits per heavy atom. The average Bonchev–Trinajstić information content (AvgIpc) is 2.53. The van der Waals surface area contributed by atoms with Gasteiger partial charge in [-0.2, -0.15) is 0 Å². The number of nitrogens with zero attached hydrogens (tertiary/aromatic N) is 1. The number of hydrogen-bond acceptors (Lipinski definition) is 4. The maximum atomic E-state index is 12.2. The van der Waals surface area contributed by atoms with Gasteiger partial charge in [-0.15, -0.1) is 0 Å². The van der Waals surface area contributed by atoms with Gasteiger partial charge < -0.3 is 10.1 Å². The van der Waals surface area contributed by atoms with Crippen molar-refractivity contribution >= 4 is 21.6 Å². The van der Waals surface area contributed by atoms with Gasteiger partial charge in [0.1, 0.15) is 0 Å². The minimum Gasteiger partial charge on any atom is -0.382 e. The number of anilines is 1. The largest absolute Gasteiger partial charge is 0.382 e. The molecule has 0 saturated carbocycles. The number of nitrogens with one attached hydrogen (secondary N) is 1. The van der Waals surface area contributed by atoms with Crippen molar-refractivity contribution in [1.29, 1.82) is 0 Å². The standard InChI is InChI=1S/C18H30N2O4S/c1-5-24-14-8-12-19-18(21)11-7-13-20(25(4,22)23)17-10-6-9-15(2)16(17)3/h6,9-10H,5,7-8,11-14H2,1-4H3,(H,19,21). The molecule has 0 aromatic heterocycles. The minimum absolute atomic E-state index is 0.0640. The normalized spacial score (nSPS) is 11.4. The third-order valence-corrected chi connectivity index (χ3v) is 5.18. The van der Waals surface area contributed by atoms with Crippen molar-refractivity contribution in [3.05, 3.63) is 29.3 Å². The van der Waals surface area contributed by atoms with Crippen molar-refractivity contribution in [2.24, 2.45) is 0 Å². The summed E-state index contributed by atoms with van der Waals surface area (Å²) in [6, 6.07) is 5.60. The van der Waals surface area contributed by atoms with E-state index in [9.17, 15) is 13.2 Å². The second kappa shape index (κ2) is 10.4. The minimum atomic E-state index is -3.40. The lowest BCUT2D eigenvalue weighted by Crippen LogP contribution is -2.33. The molecule has 0 aliphatic rings. The average molecular weight is 371 g/mol. The molecule has 142 valence electrons. The Bertz CT molecular complexity index is 659. The Hall–Kier alpha value is -1.60. The zero-order valence-corrected chi connectivity index (χ0v) is 16.5. The van der Waals surface area contributed by atoms with Crippen LogP contribution < -0.4 is 9.62 Å². The summed E-state index contributed by atoms with van der Waals surface area (Å²) < 4.78 is 30.9. The van der Waals surface area contributed by atoms with Gasteiger partial charge in [0.25, 0.3) is 0 Å². The lowest BCUT2D eigenvalue weighted by molar-refractivity contribution is -0.121. The number of ether oxygens (including phenoxy) is 1. The molecule has 0 unspecified atom stereocenters. The SMILES string of the molecule is CCOCCCNC(=O)CCCN(c1cccc(C)c1C)S(C)(=O)=O. The summed E-state index contributed by atoms with van der Waals surface area (Å²) in [5, 5.41) is 2.83. The van der Waals surface area contributed by atoms with Crippen LogP contribution in [0, 0.1) is 13.8 Å². The van der Waals surface area contributed by atoms with Crippen LogP contribution in [0.15, 0.2) is 18.2 Å². The van der Waals surface area contributed by atoms with Gasteiger partial charge in [0.2, 0.25) is 15.9 Å². The number of carbonyl (C=O) groups excluding carboxylic acids is 1. The highest BCUT2D eigenvalue weighted by atomic mass is 32.2. The van der Waals surface area contributed by atoms with Crippen LogP contribution in [0.25, 0.3) is 0 Å². The van der Waals surface area contributed by atoms with E-state index in [0.717, 1.165) is 17.5 Å². The lowest BCUT2D eigenvalue weighted by atomic mass is 10.1. The summed E-state index contributed by atoms with van der Waals surface area (Å²) in [7, 11) is -3.40. The van der Waals surface area contributed by atoms with Crippen molar-refractivity contribution in [3.63, 3.8) is 0 Å². The summed E-state index contributed by atoms with van der Waals surface area (Å²) in [4.78, 5) is 11.8. The fourth-order valence-corrected chi connectivity index (χ4v) is 3.50. The van der Waals surface area contributed by atoms with Crippen molar-refractivity contribution < 1.29 is 17.9 Å². The Kier molecular flexibility index (Phi) is 8.92. The molecule has 0 saturated heterocycles. The fraction of sp³-hybridized carbons (Fsp3) is 0.611. The molecule has 0 fully saturated rings. The van der Waals surface area contributed by atoms with Gasteiger partial charge >= 0.3 is 0 Å². The first-order chi connectivity index (χ1) is 11.8. The summed E-state index contributed by atoms with van der Waals surface area (Å²) in [5.74, 6) is -0.0640. The molecule has 0 radical (unpaired) electrons. The van der Waals surface area contributed by atoms with E-state index in [4.69, 9.17) is 4.74 Å². The maximum absolute atomic E-state index is 12.2. The second-order valence-electron chi connectivity index (χ2n) is 6.06. The molecule has 1 aromatic carbocycles. The highest BCUT2D eigenvalue weighted by Crippen LogP contribution is 2.25. The zero-order valence-electron chi connectivity index (χ0n) is 15.7. The smallest absolute Gasteiger partial charge is 0.232 e.